The monoisotopic (exact) mass is 407 g/mol. The van der Waals surface area contributed by atoms with Crippen LogP contribution in [0.25, 0.3) is 0 Å². The predicted octanol–water partition coefficient (Wildman–Crippen LogP) is 3.68. The topological polar surface area (TPSA) is 84.2 Å². The van der Waals surface area contributed by atoms with Crippen LogP contribution in [0.2, 0.25) is 0 Å². The summed E-state index contributed by atoms with van der Waals surface area (Å²) < 4.78 is 12.5. The maximum absolute atomic E-state index is 9.19. The molecule has 0 aromatic carbocycles. The molecule has 4 rings (SSSR count). The fourth-order valence-corrected chi connectivity index (χ4v) is 4.19. The summed E-state index contributed by atoms with van der Waals surface area (Å²) in [5.41, 5.74) is 1.67. The standard InChI is InChI=1S/C23H29N5O2/c1-2-17-14-26-23(27-15-17)28-11-8-21(9-12-28)29-19-3-5-20(6-4-19)30-22-7-10-25-16-18(22)13-24/h7,10,14-16,19-21H,2-6,8-9,11-12H2,1H3. The first-order valence-corrected chi connectivity index (χ1v) is 11.0. The summed E-state index contributed by atoms with van der Waals surface area (Å²) in [4.78, 5) is 15.3. The van der Waals surface area contributed by atoms with Crippen LogP contribution in [0.4, 0.5) is 5.95 Å². The van der Waals surface area contributed by atoms with E-state index in [1.807, 2.05) is 12.4 Å². The Balaban J connectivity index is 1.20. The minimum atomic E-state index is 0.143. The molecule has 3 heterocycles. The zero-order chi connectivity index (χ0) is 20.8. The molecule has 1 saturated heterocycles. The smallest absolute Gasteiger partial charge is 0.225 e. The van der Waals surface area contributed by atoms with Gasteiger partial charge in [-0.05, 0) is 56.6 Å². The Morgan fingerprint density at radius 3 is 2.33 bits per heavy atom. The minimum Gasteiger partial charge on any atom is -0.489 e. The lowest BCUT2D eigenvalue weighted by molar-refractivity contribution is -0.0528. The van der Waals surface area contributed by atoms with Crippen molar-refractivity contribution in [2.24, 2.45) is 0 Å². The van der Waals surface area contributed by atoms with Crippen LogP contribution in [-0.4, -0.2) is 46.4 Å². The van der Waals surface area contributed by atoms with Gasteiger partial charge in [-0.15, -0.1) is 0 Å². The van der Waals surface area contributed by atoms with Gasteiger partial charge in [0.05, 0.1) is 18.3 Å². The third kappa shape index (κ3) is 5.06. The first-order chi connectivity index (χ1) is 14.7. The van der Waals surface area contributed by atoms with Gasteiger partial charge in [0.25, 0.3) is 0 Å². The number of hydrogen-bond acceptors (Lipinski definition) is 7. The molecular weight excluding hydrogens is 378 g/mol. The fourth-order valence-electron chi connectivity index (χ4n) is 4.19. The van der Waals surface area contributed by atoms with Crippen molar-refractivity contribution < 1.29 is 9.47 Å². The van der Waals surface area contributed by atoms with Crippen LogP contribution in [0.15, 0.2) is 30.9 Å². The van der Waals surface area contributed by atoms with Gasteiger partial charge >= 0.3 is 0 Å². The number of ether oxygens (including phenoxy) is 2. The largest absolute Gasteiger partial charge is 0.489 e. The molecule has 1 aliphatic heterocycles. The fraction of sp³-hybridized carbons (Fsp3) is 0.565. The summed E-state index contributed by atoms with van der Waals surface area (Å²) >= 11 is 0. The van der Waals surface area contributed by atoms with Gasteiger partial charge in [0.2, 0.25) is 5.95 Å². The first kappa shape index (κ1) is 20.5. The Bertz CT molecular complexity index is 851. The molecule has 1 aliphatic carbocycles. The Morgan fingerprint density at radius 2 is 1.67 bits per heavy atom. The third-order valence-corrected chi connectivity index (χ3v) is 6.03. The third-order valence-electron chi connectivity index (χ3n) is 6.03. The molecule has 30 heavy (non-hydrogen) atoms. The highest BCUT2D eigenvalue weighted by atomic mass is 16.5. The van der Waals surface area contributed by atoms with Crippen molar-refractivity contribution in [3.05, 3.63) is 42.0 Å². The molecule has 2 aliphatic rings. The van der Waals surface area contributed by atoms with E-state index in [-0.39, 0.29) is 6.10 Å². The average molecular weight is 408 g/mol. The Labute approximate surface area is 178 Å². The molecule has 0 bridgehead atoms. The van der Waals surface area contributed by atoms with Gasteiger partial charge in [-0.1, -0.05) is 6.92 Å². The summed E-state index contributed by atoms with van der Waals surface area (Å²) in [6, 6.07) is 3.92. The second kappa shape index (κ2) is 9.86. The van der Waals surface area contributed by atoms with Crippen LogP contribution >= 0.6 is 0 Å². The second-order valence-electron chi connectivity index (χ2n) is 8.07. The van der Waals surface area contributed by atoms with Crippen LogP contribution in [-0.2, 0) is 11.2 Å². The van der Waals surface area contributed by atoms with Crippen LogP contribution in [0.3, 0.4) is 0 Å². The summed E-state index contributed by atoms with van der Waals surface area (Å²) in [5, 5.41) is 9.19. The molecule has 2 fully saturated rings. The van der Waals surface area contributed by atoms with Gasteiger partial charge in [0, 0.05) is 37.9 Å². The van der Waals surface area contributed by atoms with Crippen LogP contribution in [0.1, 0.15) is 56.6 Å². The van der Waals surface area contributed by atoms with E-state index in [0.29, 0.717) is 23.5 Å². The zero-order valence-electron chi connectivity index (χ0n) is 17.5. The maximum atomic E-state index is 9.19. The maximum Gasteiger partial charge on any atom is 0.225 e. The van der Waals surface area contributed by atoms with Gasteiger partial charge in [0.15, 0.2) is 0 Å². The van der Waals surface area contributed by atoms with Crippen molar-refractivity contribution in [2.75, 3.05) is 18.0 Å². The number of aromatic nitrogens is 3. The number of nitriles is 1. The van der Waals surface area contributed by atoms with Crippen molar-refractivity contribution in [1.29, 1.82) is 5.26 Å². The van der Waals surface area contributed by atoms with Crippen LogP contribution in [0.5, 0.6) is 5.75 Å². The Hall–Kier alpha value is -2.72. The molecule has 2 aromatic heterocycles. The van der Waals surface area contributed by atoms with E-state index in [1.54, 1.807) is 18.5 Å². The van der Waals surface area contributed by atoms with Gasteiger partial charge < -0.3 is 14.4 Å². The van der Waals surface area contributed by atoms with Crippen molar-refractivity contribution in [1.82, 2.24) is 15.0 Å². The van der Waals surface area contributed by atoms with Crippen molar-refractivity contribution in [3.8, 4) is 11.8 Å². The van der Waals surface area contributed by atoms with Crippen LogP contribution < -0.4 is 9.64 Å². The molecule has 0 radical (unpaired) electrons. The number of hydrogen-bond donors (Lipinski definition) is 0. The SMILES string of the molecule is CCc1cnc(N2CCC(OC3CCC(Oc4ccncc4C#N)CC3)CC2)nc1. The van der Waals surface area contributed by atoms with Crippen molar-refractivity contribution in [3.63, 3.8) is 0 Å². The van der Waals surface area contributed by atoms with Crippen molar-refractivity contribution >= 4 is 5.95 Å². The molecule has 7 nitrogen and oxygen atoms in total. The summed E-state index contributed by atoms with van der Waals surface area (Å²) in [6.45, 7) is 3.99. The quantitative estimate of drug-likeness (QED) is 0.722. The molecule has 0 amide bonds. The molecule has 0 N–H and O–H groups in total. The number of rotatable bonds is 6. The highest BCUT2D eigenvalue weighted by molar-refractivity contribution is 5.40. The van der Waals surface area contributed by atoms with E-state index < -0.39 is 0 Å². The molecule has 2 aromatic rings. The molecule has 0 atom stereocenters. The highest BCUT2D eigenvalue weighted by Gasteiger charge is 2.28. The normalized spacial score (nSPS) is 22.5. The van der Waals surface area contributed by atoms with E-state index in [9.17, 15) is 5.26 Å². The molecule has 7 heteroatoms. The van der Waals surface area contributed by atoms with E-state index in [0.717, 1.165) is 64.0 Å². The highest BCUT2D eigenvalue weighted by Crippen LogP contribution is 2.29. The Morgan fingerprint density at radius 1 is 1.00 bits per heavy atom. The zero-order valence-corrected chi connectivity index (χ0v) is 17.5. The lowest BCUT2D eigenvalue weighted by atomic mass is 9.94. The number of anilines is 1. The molecule has 158 valence electrons. The summed E-state index contributed by atoms with van der Waals surface area (Å²) in [7, 11) is 0. The van der Waals surface area contributed by atoms with E-state index in [4.69, 9.17) is 9.47 Å². The number of nitrogens with zero attached hydrogens (tertiary/aromatic N) is 5. The van der Waals surface area contributed by atoms with Gasteiger partial charge in [-0.25, -0.2) is 9.97 Å². The van der Waals surface area contributed by atoms with E-state index >= 15 is 0 Å². The number of piperidine rings is 1. The molecule has 1 saturated carbocycles. The predicted molar refractivity (Wildman–Crippen MR) is 113 cm³/mol. The molecule has 0 spiro atoms. The van der Waals surface area contributed by atoms with Crippen molar-refractivity contribution in [2.45, 2.75) is 70.2 Å². The summed E-state index contributed by atoms with van der Waals surface area (Å²) in [5.74, 6) is 1.47. The average Bonchev–Trinajstić information content (AvgIpc) is 2.81. The first-order valence-electron chi connectivity index (χ1n) is 11.0. The lowest BCUT2D eigenvalue weighted by Crippen LogP contribution is -2.40. The van der Waals surface area contributed by atoms with E-state index in [1.165, 1.54) is 5.56 Å². The van der Waals surface area contributed by atoms with Gasteiger partial charge in [0.1, 0.15) is 17.4 Å². The van der Waals surface area contributed by atoms with Gasteiger partial charge in [-0.2, -0.15) is 5.26 Å². The lowest BCUT2D eigenvalue weighted by Gasteiger charge is -2.36. The number of pyridine rings is 1. The molecular formula is C23H29N5O2. The van der Waals surface area contributed by atoms with Gasteiger partial charge in [-0.3, -0.25) is 4.98 Å². The van der Waals surface area contributed by atoms with E-state index in [2.05, 4.69) is 32.8 Å². The second-order valence-corrected chi connectivity index (χ2v) is 8.07. The van der Waals surface area contributed by atoms with Crippen LogP contribution in [0, 0.1) is 11.3 Å². The summed E-state index contributed by atoms with van der Waals surface area (Å²) in [6.07, 6.45) is 14.7. The number of aryl methyl sites for hydroxylation is 1. The Kier molecular flexibility index (Phi) is 6.75. The molecule has 0 unspecified atom stereocenters. The minimum absolute atomic E-state index is 0.143.